The van der Waals surface area contributed by atoms with Gasteiger partial charge in [0.1, 0.15) is 0 Å². The topological polar surface area (TPSA) is 44.3 Å². The molecule has 1 aromatic carbocycles. The maximum Gasteiger partial charge on any atom is 0.0547 e. The van der Waals surface area contributed by atoms with Crippen LogP contribution in [0.1, 0.15) is 63.0 Å². The van der Waals surface area contributed by atoms with E-state index in [0.717, 1.165) is 12.8 Å². The number of halogens is 2. The zero-order chi connectivity index (χ0) is 16.4. The van der Waals surface area contributed by atoms with Gasteiger partial charge in [0.2, 0.25) is 0 Å². The molecule has 1 heterocycles. The third-order valence-corrected chi connectivity index (χ3v) is 6.91. The van der Waals surface area contributed by atoms with Crippen LogP contribution in [-0.4, -0.2) is 30.3 Å². The number of benzene rings is 1. The fraction of sp³-hybridized carbons (Fsp3) is 0.714. The Bertz CT molecular complexity index is 520. The zero-order valence-corrected chi connectivity index (χ0v) is 17.2. The molecule has 148 valence electrons. The second-order valence-corrected chi connectivity index (χ2v) is 8.46. The van der Waals surface area contributed by atoms with E-state index in [0.29, 0.717) is 23.4 Å². The Morgan fingerprint density at radius 1 is 0.962 bits per heavy atom. The smallest absolute Gasteiger partial charge is 0.0547 e. The predicted molar refractivity (Wildman–Crippen MR) is 112 cm³/mol. The standard InChI is InChI=1S/C21H32N2O.2ClH/c24-19-14-17(15-19)20(16-4-2-1-3-5-16)23-18-6-8-21(9-7-18)10-12-22-13-11-21;;/h1-5,17-20,22-24H,6-15H2;2*1H. The molecule has 1 aromatic rings. The van der Waals surface area contributed by atoms with E-state index in [2.05, 4.69) is 41.0 Å². The lowest BCUT2D eigenvalue weighted by atomic mass is 9.67. The van der Waals surface area contributed by atoms with Gasteiger partial charge in [0.05, 0.1) is 6.10 Å². The second kappa shape index (κ2) is 9.75. The van der Waals surface area contributed by atoms with E-state index < -0.39 is 0 Å². The van der Waals surface area contributed by atoms with Crippen molar-refractivity contribution in [3.05, 3.63) is 35.9 Å². The van der Waals surface area contributed by atoms with Gasteiger partial charge >= 0.3 is 0 Å². The molecule has 1 saturated heterocycles. The molecule has 3 aliphatic rings. The molecule has 0 bridgehead atoms. The number of aliphatic hydroxyl groups is 1. The van der Waals surface area contributed by atoms with E-state index in [1.807, 2.05) is 0 Å². The van der Waals surface area contributed by atoms with E-state index in [1.165, 1.54) is 57.2 Å². The molecular weight excluding hydrogens is 367 g/mol. The van der Waals surface area contributed by atoms with E-state index in [-0.39, 0.29) is 30.9 Å². The van der Waals surface area contributed by atoms with Gasteiger partial charge in [-0.1, -0.05) is 30.3 Å². The monoisotopic (exact) mass is 400 g/mol. The molecule has 26 heavy (non-hydrogen) atoms. The van der Waals surface area contributed by atoms with Crippen LogP contribution in [-0.2, 0) is 0 Å². The van der Waals surface area contributed by atoms with E-state index in [1.54, 1.807) is 0 Å². The van der Waals surface area contributed by atoms with E-state index >= 15 is 0 Å². The normalized spacial score (nSPS) is 29.1. The summed E-state index contributed by atoms with van der Waals surface area (Å²) in [4.78, 5) is 0. The minimum atomic E-state index is -0.0765. The number of hydrogen-bond acceptors (Lipinski definition) is 3. The van der Waals surface area contributed by atoms with Gasteiger partial charge < -0.3 is 15.7 Å². The summed E-state index contributed by atoms with van der Waals surface area (Å²) in [5.41, 5.74) is 2.04. The first-order chi connectivity index (χ1) is 11.7. The van der Waals surface area contributed by atoms with Crippen LogP contribution in [0.2, 0.25) is 0 Å². The van der Waals surface area contributed by atoms with E-state index in [4.69, 9.17) is 0 Å². The molecular formula is C21H34Cl2N2O. The molecule has 1 aliphatic heterocycles. The van der Waals surface area contributed by atoms with Gasteiger partial charge in [0.15, 0.2) is 0 Å². The van der Waals surface area contributed by atoms with Gasteiger partial charge in [-0.05, 0) is 81.4 Å². The fourth-order valence-corrected chi connectivity index (χ4v) is 5.17. The van der Waals surface area contributed by atoms with Gasteiger partial charge in [0.25, 0.3) is 0 Å². The highest BCUT2D eigenvalue weighted by molar-refractivity contribution is 5.85. The number of hydrogen-bond donors (Lipinski definition) is 3. The van der Waals surface area contributed by atoms with Gasteiger partial charge in [0, 0.05) is 12.1 Å². The third-order valence-electron chi connectivity index (χ3n) is 6.91. The summed E-state index contributed by atoms with van der Waals surface area (Å²) in [6, 6.07) is 11.9. The molecule has 1 atom stereocenters. The van der Waals surface area contributed by atoms with Gasteiger partial charge in [-0.3, -0.25) is 0 Å². The largest absolute Gasteiger partial charge is 0.393 e. The van der Waals surface area contributed by atoms with Crippen molar-refractivity contribution >= 4 is 24.8 Å². The number of piperidine rings is 1. The quantitative estimate of drug-likeness (QED) is 0.707. The van der Waals surface area contributed by atoms with Crippen molar-refractivity contribution in [2.24, 2.45) is 11.3 Å². The molecule has 2 aliphatic carbocycles. The molecule has 0 aromatic heterocycles. The first-order valence-electron chi connectivity index (χ1n) is 9.94. The lowest BCUT2D eigenvalue weighted by Gasteiger charge is -2.46. The first kappa shape index (κ1) is 22.0. The Hall–Kier alpha value is -0.320. The molecule has 4 rings (SSSR count). The van der Waals surface area contributed by atoms with Crippen molar-refractivity contribution in [2.75, 3.05) is 13.1 Å². The van der Waals surface area contributed by atoms with Crippen molar-refractivity contribution < 1.29 is 5.11 Å². The van der Waals surface area contributed by atoms with Gasteiger partial charge in [-0.15, -0.1) is 24.8 Å². The molecule has 0 radical (unpaired) electrons. The summed E-state index contributed by atoms with van der Waals surface area (Å²) in [5.74, 6) is 0.595. The maximum absolute atomic E-state index is 9.75. The van der Waals surface area contributed by atoms with Crippen LogP contribution >= 0.6 is 24.8 Å². The average molecular weight is 401 g/mol. The molecule has 3 fully saturated rings. The Balaban J connectivity index is 0.00000121. The van der Waals surface area contributed by atoms with Crippen LogP contribution < -0.4 is 10.6 Å². The van der Waals surface area contributed by atoms with Crippen LogP contribution in [0.3, 0.4) is 0 Å². The molecule has 0 amide bonds. The lowest BCUT2D eigenvalue weighted by Crippen LogP contribution is -2.47. The Kier molecular flexibility index (Phi) is 8.24. The summed E-state index contributed by atoms with van der Waals surface area (Å²) in [6.07, 6.45) is 9.99. The SMILES string of the molecule is Cl.Cl.OC1CC(C(NC2CCC3(CCNCC3)CC2)c2ccccc2)C1. The molecule has 1 spiro atoms. The van der Waals surface area contributed by atoms with Crippen LogP contribution in [0, 0.1) is 11.3 Å². The summed E-state index contributed by atoms with van der Waals surface area (Å²) in [7, 11) is 0. The fourth-order valence-electron chi connectivity index (χ4n) is 5.17. The summed E-state index contributed by atoms with van der Waals surface area (Å²) in [6.45, 7) is 2.43. The minimum absolute atomic E-state index is 0. The highest BCUT2D eigenvalue weighted by atomic mass is 35.5. The summed E-state index contributed by atoms with van der Waals surface area (Å²) in [5, 5.41) is 17.3. The molecule has 5 heteroatoms. The van der Waals surface area contributed by atoms with Crippen LogP contribution in [0.25, 0.3) is 0 Å². The lowest BCUT2D eigenvalue weighted by molar-refractivity contribution is 0.0180. The van der Waals surface area contributed by atoms with E-state index in [9.17, 15) is 5.11 Å². The highest BCUT2D eigenvalue weighted by Crippen LogP contribution is 2.45. The maximum atomic E-state index is 9.75. The van der Waals surface area contributed by atoms with Crippen molar-refractivity contribution in [3.8, 4) is 0 Å². The minimum Gasteiger partial charge on any atom is -0.393 e. The number of nitrogens with one attached hydrogen (secondary N) is 2. The summed E-state index contributed by atoms with van der Waals surface area (Å²) >= 11 is 0. The van der Waals surface area contributed by atoms with Gasteiger partial charge in [-0.25, -0.2) is 0 Å². The van der Waals surface area contributed by atoms with Crippen molar-refractivity contribution in [1.82, 2.24) is 10.6 Å². The Morgan fingerprint density at radius 2 is 1.58 bits per heavy atom. The molecule has 2 saturated carbocycles. The number of rotatable bonds is 4. The van der Waals surface area contributed by atoms with Gasteiger partial charge in [-0.2, -0.15) is 0 Å². The molecule has 3 nitrogen and oxygen atoms in total. The zero-order valence-electron chi connectivity index (χ0n) is 15.5. The predicted octanol–water partition coefficient (Wildman–Crippen LogP) is 4.24. The molecule has 3 N–H and O–H groups in total. The number of aliphatic hydroxyl groups excluding tert-OH is 1. The van der Waals surface area contributed by atoms with Crippen molar-refractivity contribution in [2.45, 2.75) is 69.6 Å². The summed E-state index contributed by atoms with van der Waals surface area (Å²) < 4.78 is 0. The van der Waals surface area contributed by atoms with Crippen LogP contribution in [0.5, 0.6) is 0 Å². The van der Waals surface area contributed by atoms with Crippen molar-refractivity contribution in [1.29, 1.82) is 0 Å². The first-order valence-corrected chi connectivity index (χ1v) is 9.94. The Labute approximate surface area is 170 Å². The highest BCUT2D eigenvalue weighted by Gasteiger charge is 2.39. The van der Waals surface area contributed by atoms with Crippen LogP contribution in [0.4, 0.5) is 0 Å². The average Bonchev–Trinajstić information content (AvgIpc) is 2.61. The van der Waals surface area contributed by atoms with Crippen molar-refractivity contribution in [3.63, 3.8) is 0 Å². The van der Waals surface area contributed by atoms with Crippen LogP contribution in [0.15, 0.2) is 30.3 Å². The third kappa shape index (κ3) is 4.94. The second-order valence-electron chi connectivity index (χ2n) is 8.46. The molecule has 1 unspecified atom stereocenters. The Morgan fingerprint density at radius 3 is 2.15 bits per heavy atom.